The van der Waals surface area contributed by atoms with Gasteiger partial charge in [-0.25, -0.2) is 0 Å². The summed E-state index contributed by atoms with van der Waals surface area (Å²) in [7, 11) is 0. The van der Waals surface area contributed by atoms with Crippen molar-refractivity contribution in [1.29, 1.82) is 0 Å². The number of nitrogens with zero attached hydrogens (tertiary/aromatic N) is 3. The zero-order valence-corrected chi connectivity index (χ0v) is 27.1. The number of anilines is 2. The minimum absolute atomic E-state index is 0.136. The average molecular weight is 724 g/mol. The number of imide groups is 2. The topological polar surface area (TPSA) is 107 Å². The number of halogens is 4. The Hall–Kier alpha value is -2.63. The summed E-state index contributed by atoms with van der Waals surface area (Å²) in [6.45, 7) is 2.76. The normalized spacial score (nSPS) is 33.4. The van der Waals surface area contributed by atoms with Crippen LogP contribution in [0.2, 0.25) is 5.02 Å². The number of alkyl halides is 3. The van der Waals surface area contributed by atoms with Gasteiger partial charge in [-0.2, -0.15) is 0 Å². The Labute approximate surface area is 276 Å². The molecule has 0 spiro atoms. The first kappa shape index (κ1) is 30.0. The van der Waals surface area contributed by atoms with Gasteiger partial charge in [-0.15, -0.1) is 23.2 Å². The van der Waals surface area contributed by atoms with E-state index < -0.39 is 51.1 Å². The summed E-state index contributed by atoms with van der Waals surface area (Å²) in [5, 5.41) is 11.3. The van der Waals surface area contributed by atoms with E-state index in [-0.39, 0.29) is 40.5 Å². The van der Waals surface area contributed by atoms with Crippen LogP contribution in [0.5, 0.6) is 5.75 Å². The van der Waals surface area contributed by atoms with E-state index in [0.29, 0.717) is 24.5 Å². The molecule has 2 aromatic rings. The Balaban J connectivity index is 1.30. The number of phenols is 1. The van der Waals surface area contributed by atoms with Gasteiger partial charge >= 0.3 is 0 Å². The monoisotopic (exact) mass is 721 g/mol. The molecular formula is C31H27BrCl3N3O6. The molecule has 2 aromatic carbocycles. The van der Waals surface area contributed by atoms with Crippen LogP contribution < -0.4 is 9.80 Å². The molecule has 7 rings (SSSR count). The zero-order chi connectivity index (χ0) is 31.1. The number of hydrogen-bond acceptors (Lipinski definition) is 7. The standard InChI is InChI=1S/C31H27BrCl3N3O6/c32-15-37-28(42)30(34)14-22-19(25(31(30,35)29(37)43)21-13-16(33)1-8-23(21)39)6-7-20-24(22)27(41)38(26(20)40)18-4-2-17(3-5-18)36-9-11-44-12-10-36/h1-6,8,13,20,22,24-25,39H,7,9-12,14-15H2/t20-,22+,24-,25+,30+,31-/m0/s1. The number of phenolic OH excluding ortho intramolecular Hbond substituents is 1. The van der Waals surface area contributed by atoms with Gasteiger partial charge in [0.1, 0.15) is 5.75 Å². The molecule has 0 unspecified atom stereocenters. The van der Waals surface area contributed by atoms with Crippen LogP contribution in [0, 0.1) is 17.8 Å². The molecule has 3 saturated heterocycles. The third-order valence-electron chi connectivity index (χ3n) is 9.80. The van der Waals surface area contributed by atoms with Crippen molar-refractivity contribution < 1.29 is 29.0 Å². The fourth-order valence-electron chi connectivity index (χ4n) is 7.74. The molecule has 6 atom stereocenters. The first-order chi connectivity index (χ1) is 21.0. The number of carbonyl (C=O) groups excluding carboxylic acids is 4. The summed E-state index contributed by atoms with van der Waals surface area (Å²) in [6, 6.07) is 11.7. The van der Waals surface area contributed by atoms with Crippen LogP contribution in [0.3, 0.4) is 0 Å². The fraction of sp³-hybridized carbons (Fsp3) is 0.419. The van der Waals surface area contributed by atoms with E-state index in [4.69, 9.17) is 39.5 Å². The highest BCUT2D eigenvalue weighted by Gasteiger charge is 2.76. The predicted octanol–water partition coefficient (Wildman–Crippen LogP) is 4.80. The number of allylic oxidation sites excluding steroid dienone is 2. The van der Waals surface area contributed by atoms with Crippen molar-refractivity contribution in [2.75, 3.05) is 41.6 Å². The maximum absolute atomic E-state index is 14.2. The Morgan fingerprint density at radius 3 is 2.30 bits per heavy atom. The number of rotatable bonds is 4. The van der Waals surface area contributed by atoms with E-state index in [1.54, 1.807) is 12.1 Å². The highest BCUT2D eigenvalue weighted by Crippen LogP contribution is 2.66. The van der Waals surface area contributed by atoms with Crippen molar-refractivity contribution in [3.8, 4) is 5.75 Å². The van der Waals surface area contributed by atoms with Crippen LogP contribution >= 0.6 is 50.7 Å². The van der Waals surface area contributed by atoms with Gasteiger partial charge in [0.25, 0.3) is 11.8 Å². The van der Waals surface area contributed by atoms with Crippen molar-refractivity contribution in [3.05, 3.63) is 64.7 Å². The fourth-order valence-corrected chi connectivity index (χ4v) is 9.34. The van der Waals surface area contributed by atoms with Gasteiger partial charge in [0.2, 0.25) is 11.8 Å². The second-order valence-corrected chi connectivity index (χ2v) is 14.0. The molecule has 44 heavy (non-hydrogen) atoms. The number of aromatic hydroxyl groups is 1. The number of hydrogen-bond donors (Lipinski definition) is 1. The number of benzene rings is 2. The number of carbonyl (C=O) groups is 4. The molecule has 4 fully saturated rings. The van der Waals surface area contributed by atoms with E-state index in [1.165, 1.54) is 23.1 Å². The summed E-state index contributed by atoms with van der Waals surface area (Å²) in [5.41, 5.74) is 2.09. The van der Waals surface area contributed by atoms with Gasteiger partial charge in [-0.3, -0.25) is 29.0 Å². The Bertz CT molecular complexity index is 1630. The number of likely N-dealkylation sites (tertiary alicyclic amines) is 1. The maximum atomic E-state index is 14.2. The first-order valence-electron chi connectivity index (χ1n) is 14.3. The van der Waals surface area contributed by atoms with Gasteiger partial charge in [-0.1, -0.05) is 39.2 Å². The molecule has 5 aliphatic rings. The number of ether oxygens (including phenoxy) is 1. The third kappa shape index (κ3) is 4.07. The highest BCUT2D eigenvalue weighted by atomic mass is 79.9. The van der Waals surface area contributed by atoms with E-state index in [0.717, 1.165) is 23.7 Å². The van der Waals surface area contributed by atoms with Gasteiger partial charge < -0.3 is 14.7 Å². The Morgan fingerprint density at radius 2 is 1.61 bits per heavy atom. The maximum Gasteiger partial charge on any atom is 0.254 e. The summed E-state index contributed by atoms with van der Waals surface area (Å²) in [5.74, 6) is -5.66. The first-order valence-corrected chi connectivity index (χ1v) is 16.6. The van der Waals surface area contributed by atoms with E-state index in [1.807, 2.05) is 18.2 Å². The molecule has 0 bridgehead atoms. The van der Waals surface area contributed by atoms with Crippen LogP contribution in [-0.4, -0.2) is 75.1 Å². The summed E-state index contributed by atoms with van der Waals surface area (Å²) >= 11 is 24.0. The van der Waals surface area contributed by atoms with Crippen molar-refractivity contribution in [3.63, 3.8) is 0 Å². The third-order valence-corrected chi connectivity index (χ3v) is 11.9. The van der Waals surface area contributed by atoms with Gasteiger partial charge in [0, 0.05) is 35.3 Å². The van der Waals surface area contributed by atoms with Crippen LogP contribution in [0.4, 0.5) is 11.4 Å². The van der Waals surface area contributed by atoms with Gasteiger partial charge in [-0.05, 0) is 61.2 Å². The summed E-state index contributed by atoms with van der Waals surface area (Å²) < 4.78 is 5.44. The largest absolute Gasteiger partial charge is 0.508 e. The van der Waals surface area contributed by atoms with Crippen molar-refractivity contribution >= 4 is 85.7 Å². The van der Waals surface area contributed by atoms with Crippen LogP contribution in [0.15, 0.2) is 54.1 Å². The lowest BCUT2D eigenvalue weighted by Crippen LogP contribution is -2.60. The van der Waals surface area contributed by atoms with Crippen molar-refractivity contribution in [1.82, 2.24) is 4.90 Å². The molecule has 1 N–H and O–H groups in total. The van der Waals surface area contributed by atoms with Gasteiger partial charge in [0.05, 0.1) is 36.2 Å². The Kier molecular flexibility index (Phi) is 7.33. The lowest BCUT2D eigenvalue weighted by Gasteiger charge is -2.50. The smallest absolute Gasteiger partial charge is 0.254 e. The zero-order valence-electron chi connectivity index (χ0n) is 23.2. The predicted molar refractivity (Wildman–Crippen MR) is 168 cm³/mol. The highest BCUT2D eigenvalue weighted by molar-refractivity contribution is 9.09. The second-order valence-electron chi connectivity index (χ2n) is 11.8. The SMILES string of the molecule is O=C1[C@H]2[C@H](CC=C3[C@H]2C[C@@]2(Cl)C(=O)N(CBr)C(=O)[C@@]2(Cl)[C@H]3c2cc(Cl)ccc2O)C(=O)N1c1ccc(N2CCOCC2)cc1. The molecule has 9 nitrogen and oxygen atoms in total. The molecule has 4 amide bonds. The lowest BCUT2D eigenvalue weighted by molar-refractivity contribution is -0.138. The van der Waals surface area contributed by atoms with E-state index in [9.17, 15) is 24.3 Å². The molecule has 3 heterocycles. The van der Waals surface area contributed by atoms with E-state index >= 15 is 0 Å². The van der Waals surface area contributed by atoms with Crippen LogP contribution in [-0.2, 0) is 23.9 Å². The summed E-state index contributed by atoms with van der Waals surface area (Å²) in [4.78, 5) is 56.1. The van der Waals surface area contributed by atoms with Crippen LogP contribution in [0.25, 0.3) is 0 Å². The number of fused-ring (bicyclic) bond motifs is 4. The minimum atomic E-state index is -2.02. The average Bonchev–Trinajstić information content (AvgIpc) is 3.36. The molecule has 1 saturated carbocycles. The molecule has 230 valence electrons. The summed E-state index contributed by atoms with van der Waals surface area (Å²) in [6.07, 6.45) is 1.90. The molecule has 13 heteroatoms. The molecule has 2 aliphatic carbocycles. The number of amides is 4. The second kappa shape index (κ2) is 10.7. The molecule has 3 aliphatic heterocycles. The Morgan fingerprint density at radius 1 is 0.932 bits per heavy atom. The molecule has 0 aromatic heterocycles. The molecule has 0 radical (unpaired) electrons. The van der Waals surface area contributed by atoms with Crippen molar-refractivity contribution in [2.24, 2.45) is 17.8 Å². The number of morpholine rings is 1. The van der Waals surface area contributed by atoms with Crippen LogP contribution in [0.1, 0.15) is 24.3 Å². The van der Waals surface area contributed by atoms with Crippen molar-refractivity contribution in [2.45, 2.75) is 28.5 Å². The van der Waals surface area contributed by atoms with E-state index in [2.05, 4.69) is 20.8 Å². The quantitative estimate of drug-likeness (QED) is 0.209. The molecular weight excluding hydrogens is 697 g/mol. The minimum Gasteiger partial charge on any atom is -0.508 e. The lowest BCUT2D eigenvalue weighted by atomic mass is 9.56. The van der Waals surface area contributed by atoms with Gasteiger partial charge in [0.15, 0.2) is 9.75 Å².